The van der Waals surface area contributed by atoms with Crippen LogP contribution in [0.1, 0.15) is 11.1 Å². The molecule has 1 rings (SSSR count). The summed E-state index contributed by atoms with van der Waals surface area (Å²) in [6.07, 6.45) is 0. The van der Waals surface area contributed by atoms with Gasteiger partial charge in [0.1, 0.15) is 17.4 Å². The van der Waals surface area contributed by atoms with Crippen molar-refractivity contribution in [3.63, 3.8) is 0 Å². The van der Waals surface area contributed by atoms with E-state index in [0.717, 1.165) is 0 Å². The lowest BCUT2D eigenvalue weighted by atomic mass is 10.1. The molecule has 0 atom stereocenters. The zero-order chi connectivity index (χ0) is 10.0. The highest BCUT2D eigenvalue weighted by molar-refractivity contribution is 5.36. The number of hydrogen-bond donors (Lipinski definition) is 1. The monoisotopic (exact) mass is 187 g/mol. The molecule has 0 aliphatic carbocycles. The summed E-state index contributed by atoms with van der Waals surface area (Å²) in [7, 11) is 0. The SMILES string of the molecule is N#Cc1c(F)cc(CO)c(F)c1F. The normalized spacial score (nSPS) is 9.77. The fraction of sp³-hybridized carbons (Fsp3) is 0.125. The third kappa shape index (κ3) is 1.48. The number of rotatable bonds is 1. The minimum Gasteiger partial charge on any atom is -0.392 e. The van der Waals surface area contributed by atoms with Crippen molar-refractivity contribution in [2.45, 2.75) is 6.61 Å². The van der Waals surface area contributed by atoms with Crippen molar-refractivity contribution in [3.05, 3.63) is 34.6 Å². The van der Waals surface area contributed by atoms with Crippen molar-refractivity contribution in [2.75, 3.05) is 0 Å². The second kappa shape index (κ2) is 3.46. The van der Waals surface area contributed by atoms with E-state index in [1.54, 1.807) is 0 Å². The number of aliphatic hydroxyl groups excluding tert-OH is 1. The van der Waals surface area contributed by atoms with Crippen molar-refractivity contribution < 1.29 is 18.3 Å². The molecule has 0 unspecified atom stereocenters. The Labute approximate surface area is 71.8 Å². The number of benzene rings is 1. The Hall–Kier alpha value is -1.54. The lowest BCUT2D eigenvalue weighted by Gasteiger charge is -2.02. The maximum atomic E-state index is 12.8. The zero-order valence-electron chi connectivity index (χ0n) is 6.31. The van der Waals surface area contributed by atoms with E-state index in [1.165, 1.54) is 6.07 Å². The van der Waals surface area contributed by atoms with Crippen LogP contribution in [-0.2, 0) is 6.61 Å². The van der Waals surface area contributed by atoms with Crippen LogP contribution >= 0.6 is 0 Å². The number of nitrogens with zero attached hydrogens (tertiary/aromatic N) is 1. The summed E-state index contributed by atoms with van der Waals surface area (Å²) >= 11 is 0. The summed E-state index contributed by atoms with van der Waals surface area (Å²) in [5.41, 5.74) is -1.48. The van der Waals surface area contributed by atoms with Gasteiger partial charge in [-0.05, 0) is 6.07 Å². The molecule has 0 aromatic heterocycles. The minimum atomic E-state index is -1.56. The molecule has 68 valence electrons. The molecule has 1 aromatic carbocycles. The number of aliphatic hydroxyl groups is 1. The standard InChI is InChI=1S/C8H4F3NO/c9-6-1-4(3-13)7(10)8(11)5(6)2-12/h1,13H,3H2. The van der Waals surface area contributed by atoms with Crippen LogP contribution in [-0.4, -0.2) is 5.11 Å². The molecule has 0 saturated heterocycles. The Morgan fingerprint density at radius 3 is 2.38 bits per heavy atom. The van der Waals surface area contributed by atoms with Crippen LogP contribution in [0.4, 0.5) is 13.2 Å². The summed E-state index contributed by atoms with van der Waals surface area (Å²) in [4.78, 5) is 0. The summed E-state index contributed by atoms with van der Waals surface area (Å²) in [5.74, 6) is -4.13. The maximum Gasteiger partial charge on any atom is 0.179 e. The predicted molar refractivity (Wildman–Crippen MR) is 37.0 cm³/mol. The second-order valence-corrected chi connectivity index (χ2v) is 2.29. The van der Waals surface area contributed by atoms with Crippen molar-refractivity contribution in [1.29, 1.82) is 5.26 Å². The molecule has 0 saturated carbocycles. The van der Waals surface area contributed by atoms with Crippen molar-refractivity contribution >= 4 is 0 Å². The number of halogens is 3. The average molecular weight is 187 g/mol. The van der Waals surface area contributed by atoms with E-state index in [2.05, 4.69) is 0 Å². The molecule has 0 fully saturated rings. The smallest absolute Gasteiger partial charge is 0.179 e. The highest BCUT2D eigenvalue weighted by atomic mass is 19.2. The van der Waals surface area contributed by atoms with Crippen LogP contribution in [0.25, 0.3) is 0 Å². The van der Waals surface area contributed by atoms with Crippen LogP contribution in [0.3, 0.4) is 0 Å². The van der Waals surface area contributed by atoms with Gasteiger partial charge in [0.15, 0.2) is 11.6 Å². The summed E-state index contributed by atoms with van der Waals surface area (Å²) in [6, 6.07) is 1.78. The topological polar surface area (TPSA) is 44.0 Å². The summed E-state index contributed by atoms with van der Waals surface area (Å²) in [5, 5.41) is 16.7. The van der Waals surface area contributed by atoms with Crippen molar-refractivity contribution in [2.24, 2.45) is 0 Å². The minimum absolute atomic E-state index is 0.506. The molecule has 0 heterocycles. The second-order valence-electron chi connectivity index (χ2n) is 2.29. The Kier molecular flexibility index (Phi) is 2.54. The quantitative estimate of drug-likeness (QED) is 0.676. The molecule has 0 radical (unpaired) electrons. The lowest BCUT2D eigenvalue weighted by Crippen LogP contribution is -2.00. The Morgan fingerprint density at radius 1 is 1.31 bits per heavy atom. The Morgan fingerprint density at radius 2 is 1.92 bits per heavy atom. The first-order valence-corrected chi connectivity index (χ1v) is 3.29. The summed E-state index contributed by atoms with van der Waals surface area (Å²) in [6.45, 7) is -0.814. The van der Waals surface area contributed by atoms with Crippen LogP contribution in [0.2, 0.25) is 0 Å². The molecule has 13 heavy (non-hydrogen) atoms. The van der Waals surface area contributed by atoms with Gasteiger partial charge in [-0.3, -0.25) is 0 Å². The fourth-order valence-electron chi connectivity index (χ4n) is 0.862. The molecule has 1 N–H and O–H groups in total. The molecule has 2 nitrogen and oxygen atoms in total. The largest absolute Gasteiger partial charge is 0.392 e. The number of hydrogen-bond acceptors (Lipinski definition) is 2. The highest BCUT2D eigenvalue weighted by Gasteiger charge is 2.17. The molecule has 5 heteroatoms. The van der Waals surface area contributed by atoms with Gasteiger partial charge in [-0.15, -0.1) is 0 Å². The van der Waals surface area contributed by atoms with Gasteiger partial charge in [0.25, 0.3) is 0 Å². The molecular weight excluding hydrogens is 183 g/mol. The first-order chi connectivity index (χ1) is 6.11. The van der Waals surface area contributed by atoms with Crippen molar-refractivity contribution in [3.8, 4) is 6.07 Å². The van der Waals surface area contributed by atoms with Crippen LogP contribution in [0.5, 0.6) is 0 Å². The van der Waals surface area contributed by atoms with Crippen molar-refractivity contribution in [1.82, 2.24) is 0 Å². The van der Waals surface area contributed by atoms with E-state index in [-0.39, 0.29) is 0 Å². The van der Waals surface area contributed by atoms with E-state index in [4.69, 9.17) is 10.4 Å². The zero-order valence-corrected chi connectivity index (χ0v) is 6.31. The van der Waals surface area contributed by atoms with Crippen LogP contribution in [0, 0.1) is 28.8 Å². The first-order valence-electron chi connectivity index (χ1n) is 3.29. The van der Waals surface area contributed by atoms with E-state index >= 15 is 0 Å². The molecule has 0 aliphatic rings. The molecule has 0 amide bonds. The van der Waals surface area contributed by atoms with Gasteiger partial charge in [-0.1, -0.05) is 0 Å². The van der Waals surface area contributed by atoms with E-state index in [0.29, 0.717) is 6.07 Å². The lowest BCUT2D eigenvalue weighted by molar-refractivity contribution is 0.272. The fourth-order valence-corrected chi connectivity index (χ4v) is 0.862. The van der Waals surface area contributed by atoms with E-state index < -0.39 is 35.2 Å². The first kappa shape index (κ1) is 9.55. The highest BCUT2D eigenvalue weighted by Crippen LogP contribution is 2.19. The Balaban J connectivity index is 3.48. The molecule has 0 aliphatic heterocycles. The van der Waals surface area contributed by atoms with E-state index in [1.807, 2.05) is 0 Å². The molecule has 1 aromatic rings. The molecular formula is C8H4F3NO. The predicted octanol–water partition coefficient (Wildman–Crippen LogP) is 1.47. The average Bonchev–Trinajstić information content (AvgIpc) is 2.12. The maximum absolute atomic E-state index is 12.8. The van der Waals surface area contributed by atoms with Gasteiger partial charge in [0.2, 0.25) is 0 Å². The number of nitriles is 1. The van der Waals surface area contributed by atoms with Crippen LogP contribution < -0.4 is 0 Å². The van der Waals surface area contributed by atoms with Gasteiger partial charge in [0.05, 0.1) is 6.61 Å². The van der Waals surface area contributed by atoms with Crippen LogP contribution in [0.15, 0.2) is 6.07 Å². The third-order valence-electron chi connectivity index (χ3n) is 1.52. The van der Waals surface area contributed by atoms with Gasteiger partial charge < -0.3 is 5.11 Å². The molecule has 0 spiro atoms. The van der Waals surface area contributed by atoms with Gasteiger partial charge in [-0.2, -0.15) is 5.26 Å². The van der Waals surface area contributed by atoms with E-state index in [9.17, 15) is 13.2 Å². The van der Waals surface area contributed by atoms with Gasteiger partial charge in [0, 0.05) is 5.56 Å². The Bertz CT molecular complexity index is 383. The third-order valence-corrected chi connectivity index (χ3v) is 1.52. The molecule has 0 bridgehead atoms. The summed E-state index contributed by atoms with van der Waals surface area (Å²) < 4.78 is 38.3. The van der Waals surface area contributed by atoms with Gasteiger partial charge >= 0.3 is 0 Å². The van der Waals surface area contributed by atoms with Gasteiger partial charge in [-0.25, -0.2) is 13.2 Å².